The molecule has 132 valence electrons. The SMILES string of the molecule is O=[N+]([O-])c1cc2c(O[C@H]3CCOC3)ncnc2cc1O[C@H]1CCOC1. The Morgan fingerprint density at radius 1 is 1.08 bits per heavy atom. The topological polar surface area (TPSA) is 106 Å². The van der Waals surface area contributed by atoms with Crippen molar-refractivity contribution in [1.82, 2.24) is 9.97 Å². The van der Waals surface area contributed by atoms with E-state index in [9.17, 15) is 10.1 Å². The number of nitro groups is 1. The molecule has 0 N–H and O–H groups in total. The second-order valence-corrected chi connectivity index (χ2v) is 5.98. The van der Waals surface area contributed by atoms with Gasteiger partial charge < -0.3 is 18.9 Å². The Morgan fingerprint density at radius 3 is 2.44 bits per heavy atom. The fraction of sp³-hybridized carbons (Fsp3) is 0.500. The van der Waals surface area contributed by atoms with Crippen molar-refractivity contribution < 1.29 is 23.9 Å². The molecule has 1 aromatic heterocycles. The second-order valence-electron chi connectivity index (χ2n) is 5.98. The van der Waals surface area contributed by atoms with Gasteiger partial charge in [-0.15, -0.1) is 0 Å². The third-order valence-corrected chi connectivity index (χ3v) is 4.22. The van der Waals surface area contributed by atoms with Crippen LogP contribution in [0, 0.1) is 10.1 Å². The van der Waals surface area contributed by atoms with Crippen LogP contribution in [-0.2, 0) is 9.47 Å². The number of hydrogen-bond donors (Lipinski definition) is 0. The zero-order valence-corrected chi connectivity index (χ0v) is 13.4. The van der Waals surface area contributed by atoms with Gasteiger partial charge in [0.25, 0.3) is 0 Å². The average Bonchev–Trinajstić information content (AvgIpc) is 3.28. The molecule has 0 bridgehead atoms. The summed E-state index contributed by atoms with van der Waals surface area (Å²) in [6.45, 7) is 2.14. The summed E-state index contributed by atoms with van der Waals surface area (Å²) >= 11 is 0. The smallest absolute Gasteiger partial charge is 0.311 e. The summed E-state index contributed by atoms with van der Waals surface area (Å²) in [6.07, 6.45) is 2.54. The third-order valence-electron chi connectivity index (χ3n) is 4.22. The van der Waals surface area contributed by atoms with E-state index in [0.717, 1.165) is 6.42 Å². The molecular weight excluding hydrogens is 330 g/mol. The third kappa shape index (κ3) is 3.33. The van der Waals surface area contributed by atoms with Crippen molar-refractivity contribution >= 4 is 16.6 Å². The van der Waals surface area contributed by atoms with E-state index in [2.05, 4.69) is 9.97 Å². The number of fused-ring (bicyclic) bond motifs is 1. The molecule has 25 heavy (non-hydrogen) atoms. The van der Waals surface area contributed by atoms with Gasteiger partial charge in [-0.25, -0.2) is 9.97 Å². The van der Waals surface area contributed by atoms with Crippen LogP contribution in [0.4, 0.5) is 5.69 Å². The minimum atomic E-state index is -0.472. The van der Waals surface area contributed by atoms with E-state index in [1.807, 2.05) is 0 Å². The molecular formula is C16H17N3O6. The predicted octanol–water partition coefficient (Wildman–Crippen LogP) is 1.87. The van der Waals surface area contributed by atoms with Gasteiger partial charge in [-0.3, -0.25) is 10.1 Å². The lowest BCUT2D eigenvalue weighted by Gasteiger charge is -2.15. The van der Waals surface area contributed by atoms with Gasteiger partial charge in [-0.1, -0.05) is 0 Å². The lowest BCUT2D eigenvalue weighted by Crippen LogP contribution is -2.17. The molecule has 2 aliphatic rings. The first-order valence-electron chi connectivity index (χ1n) is 8.12. The molecule has 2 atom stereocenters. The number of benzene rings is 1. The van der Waals surface area contributed by atoms with Gasteiger partial charge in [0, 0.05) is 25.0 Å². The van der Waals surface area contributed by atoms with E-state index in [0.29, 0.717) is 49.6 Å². The summed E-state index contributed by atoms with van der Waals surface area (Å²) in [5.74, 6) is 0.501. The highest BCUT2D eigenvalue weighted by Gasteiger charge is 2.26. The Morgan fingerprint density at radius 2 is 1.80 bits per heavy atom. The van der Waals surface area contributed by atoms with Crippen LogP contribution in [0.25, 0.3) is 10.9 Å². The van der Waals surface area contributed by atoms with Crippen LogP contribution >= 0.6 is 0 Å². The van der Waals surface area contributed by atoms with Crippen LogP contribution in [0.3, 0.4) is 0 Å². The number of nitrogens with zero attached hydrogens (tertiary/aromatic N) is 3. The van der Waals surface area contributed by atoms with Gasteiger partial charge in [-0.05, 0) is 0 Å². The predicted molar refractivity (Wildman–Crippen MR) is 85.9 cm³/mol. The Kier molecular flexibility index (Phi) is 4.33. The lowest BCUT2D eigenvalue weighted by molar-refractivity contribution is -0.385. The van der Waals surface area contributed by atoms with Gasteiger partial charge in [-0.2, -0.15) is 0 Å². The van der Waals surface area contributed by atoms with E-state index in [1.54, 1.807) is 6.07 Å². The Balaban J connectivity index is 1.71. The maximum absolute atomic E-state index is 11.5. The summed E-state index contributed by atoms with van der Waals surface area (Å²) in [4.78, 5) is 19.3. The van der Waals surface area contributed by atoms with Crippen molar-refractivity contribution in [3.8, 4) is 11.6 Å². The van der Waals surface area contributed by atoms with Crippen LogP contribution < -0.4 is 9.47 Å². The van der Waals surface area contributed by atoms with Crippen LogP contribution in [0.1, 0.15) is 12.8 Å². The average molecular weight is 347 g/mol. The number of hydrogen-bond acceptors (Lipinski definition) is 8. The highest BCUT2D eigenvalue weighted by Crippen LogP contribution is 2.36. The van der Waals surface area contributed by atoms with E-state index in [-0.39, 0.29) is 23.6 Å². The highest BCUT2D eigenvalue weighted by atomic mass is 16.6. The van der Waals surface area contributed by atoms with E-state index >= 15 is 0 Å². The summed E-state index contributed by atoms with van der Waals surface area (Å²) < 4.78 is 22.1. The second kappa shape index (κ2) is 6.77. The van der Waals surface area contributed by atoms with Gasteiger partial charge in [0.2, 0.25) is 5.88 Å². The maximum atomic E-state index is 11.5. The summed E-state index contributed by atoms with van der Waals surface area (Å²) in [6, 6.07) is 2.97. The molecule has 2 saturated heterocycles. The molecule has 0 spiro atoms. The van der Waals surface area contributed by atoms with Gasteiger partial charge in [0.05, 0.1) is 42.3 Å². The van der Waals surface area contributed by atoms with Gasteiger partial charge in [0.15, 0.2) is 5.75 Å². The van der Waals surface area contributed by atoms with Crippen molar-refractivity contribution in [3.63, 3.8) is 0 Å². The zero-order chi connectivity index (χ0) is 17.2. The standard InChI is InChI=1S/C16H17N3O6/c20-19(21)14-5-12-13(6-15(14)24-10-1-3-22-7-10)17-9-18-16(12)25-11-2-4-23-8-11/h5-6,9-11H,1-4,7-8H2/t10-,11-/m0/s1. The fourth-order valence-corrected chi connectivity index (χ4v) is 2.93. The first-order chi connectivity index (χ1) is 12.2. The molecule has 0 unspecified atom stereocenters. The zero-order valence-electron chi connectivity index (χ0n) is 13.4. The molecule has 9 nitrogen and oxygen atoms in total. The molecule has 4 rings (SSSR count). The fourth-order valence-electron chi connectivity index (χ4n) is 2.93. The van der Waals surface area contributed by atoms with Crippen molar-refractivity contribution in [2.24, 2.45) is 0 Å². The molecule has 3 heterocycles. The number of rotatable bonds is 5. The molecule has 2 aromatic rings. The first-order valence-corrected chi connectivity index (χ1v) is 8.12. The molecule has 9 heteroatoms. The Hall–Kier alpha value is -2.52. The highest BCUT2D eigenvalue weighted by molar-refractivity contribution is 5.87. The van der Waals surface area contributed by atoms with Crippen LogP contribution in [0.2, 0.25) is 0 Å². The van der Waals surface area contributed by atoms with Crippen LogP contribution in [-0.4, -0.2) is 53.5 Å². The number of nitro benzene ring substituents is 1. The van der Waals surface area contributed by atoms with Crippen molar-refractivity contribution in [2.45, 2.75) is 25.0 Å². The quantitative estimate of drug-likeness (QED) is 0.596. The Bertz CT molecular complexity index is 787. The van der Waals surface area contributed by atoms with Crippen molar-refractivity contribution in [1.29, 1.82) is 0 Å². The Labute approximate surface area is 143 Å². The molecule has 2 fully saturated rings. The van der Waals surface area contributed by atoms with Crippen molar-refractivity contribution in [2.75, 3.05) is 26.4 Å². The van der Waals surface area contributed by atoms with E-state index in [1.165, 1.54) is 12.4 Å². The monoisotopic (exact) mass is 347 g/mol. The molecule has 0 saturated carbocycles. The maximum Gasteiger partial charge on any atom is 0.311 e. The summed E-state index contributed by atoms with van der Waals surface area (Å²) in [5, 5.41) is 12.0. The molecule has 0 radical (unpaired) electrons. The van der Waals surface area contributed by atoms with Gasteiger partial charge in [0.1, 0.15) is 18.5 Å². The van der Waals surface area contributed by atoms with Crippen LogP contribution in [0.15, 0.2) is 18.5 Å². The lowest BCUT2D eigenvalue weighted by atomic mass is 10.2. The van der Waals surface area contributed by atoms with Crippen LogP contribution in [0.5, 0.6) is 11.6 Å². The van der Waals surface area contributed by atoms with E-state index in [4.69, 9.17) is 18.9 Å². The molecule has 1 aromatic carbocycles. The molecule has 2 aliphatic heterocycles. The first kappa shape index (κ1) is 16.0. The summed E-state index contributed by atoms with van der Waals surface area (Å²) in [7, 11) is 0. The number of aromatic nitrogens is 2. The molecule has 0 aliphatic carbocycles. The minimum absolute atomic E-state index is 0.108. The van der Waals surface area contributed by atoms with E-state index < -0.39 is 4.92 Å². The normalized spacial score (nSPS) is 23.0. The largest absolute Gasteiger partial charge is 0.481 e. The summed E-state index contributed by atoms with van der Waals surface area (Å²) in [5.41, 5.74) is 0.394. The van der Waals surface area contributed by atoms with Gasteiger partial charge >= 0.3 is 5.69 Å². The molecule has 0 amide bonds. The minimum Gasteiger partial charge on any atom is -0.481 e. The number of ether oxygens (including phenoxy) is 4. The van der Waals surface area contributed by atoms with Crippen molar-refractivity contribution in [3.05, 3.63) is 28.6 Å².